The number of nitrogens with two attached hydrogens (primary N) is 1. The molecule has 0 bridgehead atoms. The number of carbonyl (C=O) groups is 1. The van der Waals surface area contributed by atoms with Crippen molar-refractivity contribution < 1.29 is 9.32 Å². The number of amides is 1. The van der Waals surface area contributed by atoms with Crippen LogP contribution in [0.2, 0.25) is 5.02 Å². The largest absolute Gasteiger partial charge is 0.375 e. The molecule has 3 aromatic rings. The zero-order valence-corrected chi connectivity index (χ0v) is 14.7. The minimum Gasteiger partial charge on any atom is -0.375 e. The number of carbonyl (C=O) groups excluding carboxylic acids is 1. The number of para-hydroxylation sites is 1. The van der Waals surface area contributed by atoms with Crippen LogP contribution >= 0.6 is 23.4 Å². The Balaban J connectivity index is 1.69. The molecule has 0 saturated heterocycles. The minimum atomic E-state index is -0.360. The summed E-state index contributed by atoms with van der Waals surface area (Å²) in [7, 11) is 0. The lowest BCUT2D eigenvalue weighted by molar-refractivity contribution is -0.115. The van der Waals surface area contributed by atoms with E-state index in [0.717, 1.165) is 16.1 Å². The molecule has 6 nitrogen and oxygen atoms in total. The number of primary amides is 1. The van der Waals surface area contributed by atoms with E-state index in [2.05, 4.69) is 15.5 Å². The SMILES string of the molecule is NC(=O)CSc1ccccc1NCc1nc(-c2ccccc2Cl)no1. The van der Waals surface area contributed by atoms with Gasteiger partial charge in [-0.15, -0.1) is 11.8 Å². The number of nitrogens with one attached hydrogen (secondary N) is 1. The fourth-order valence-electron chi connectivity index (χ4n) is 2.14. The summed E-state index contributed by atoms with van der Waals surface area (Å²) in [6.07, 6.45) is 0. The van der Waals surface area contributed by atoms with E-state index >= 15 is 0 Å². The number of thioether (sulfide) groups is 1. The lowest BCUT2D eigenvalue weighted by atomic mass is 10.2. The van der Waals surface area contributed by atoms with Crippen LogP contribution in [0.3, 0.4) is 0 Å². The Hall–Kier alpha value is -2.51. The highest BCUT2D eigenvalue weighted by molar-refractivity contribution is 8.00. The summed E-state index contributed by atoms with van der Waals surface area (Å²) >= 11 is 7.52. The number of benzene rings is 2. The normalized spacial score (nSPS) is 10.6. The first-order valence-electron chi connectivity index (χ1n) is 7.45. The molecule has 0 aliphatic rings. The molecule has 8 heteroatoms. The average Bonchev–Trinajstić information content (AvgIpc) is 3.08. The van der Waals surface area contributed by atoms with E-state index in [0.29, 0.717) is 23.3 Å². The van der Waals surface area contributed by atoms with Gasteiger partial charge < -0.3 is 15.6 Å². The Morgan fingerprint density at radius 1 is 1.20 bits per heavy atom. The predicted octanol–water partition coefficient (Wildman–Crippen LogP) is 3.58. The molecule has 25 heavy (non-hydrogen) atoms. The lowest BCUT2D eigenvalue weighted by Crippen LogP contribution is -2.13. The number of anilines is 1. The zero-order valence-electron chi connectivity index (χ0n) is 13.1. The number of aromatic nitrogens is 2. The van der Waals surface area contributed by atoms with E-state index in [1.807, 2.05) is 42.5 Å². The fourth-order valence-corrected chi connectivity index (χ4v) is 3.13. The van der Waals surface area contributed by atoms with Crippen molar-refractivity contribution in [1.29, 1.82) is 0 Å². The van der Waals surface area contributed by atoms with Gasteiger partial charge in [0.05, 0.1) is 17.3 Å². The molecule has 0 unspecified atom stereocenters. The molecule has 0 aliphatic carbocycles. The highest BCUT2D eigenvalue weighted by atomic mass is 35.5. The van der Waals surface area contributed by atoms with Crippen LogP contribution in [0.1, 0.15) is 5.89 Å². The van der Waals surface area contributed by atoms with Gasteiger partial charge in [-0.3, -0.25) is 4.79 Å². The van der Waals surface area contributed by atoms with Crippen LogP contribution in [-0.4, -0.2) is 21.8 Å². The van der Waals surface area contributed by atoms with Crippen molar-refractivity contribution in [3.05, 3.63) is 59.4 Å². The first kappa shape index (κ1) is 17.3. The topological polar surface area (TPSA) is 94.0 Å². The van der Waals surface area contributed by atoms with Crippen molar-refractivity contribution in [2.75, 3.05) is 11.1 Å². The maximum atomic E-state index is 11.0. The molecular formula is C17H15ClN4O2S. The van der Waals surface area contributed by atoms with Crippen LogP contribution in [0.4, 0.5) is 5.69 Å². The standard InChI is InChI=1S/C17H15ClN4O2S/c18-12-6-2-1-5-11(12)17-21-16(24-22-17)9-20-13-7-3-4-8-14(13)25-10-15(19)23/h1-8,20H,9-10H2,(H2,19,23). The van der Waals surface area contributed by atoms with Gasteiger partial charge in [0, 0.05) is 16.1 Å². The molecule has 0 spiro atoms. The van der Waals surface area contributed by atoms with Gasteiger partial charge >= 0.3 is 0 Å². The quantitative estimate of drug-likeness (QED) is 0.614. The molecule has 1 heterocycles. The number of hydrogen-bond donors (Lipinski definition) is 2. The van der Waals surface area contributed by atoms with Crippen LogP contribution in [0.25, 0.3) is 11.4 Å². The third-order valence-electron chi connectivity index (χ3n) is 3.27. The van der Waals surface area contributed by atoms with Gasteiger partial charge in [0.25, 0.3) is 0 Å². The van der Waals surface area contributed by atoms with Gasteiger partial charge in [0.2, 0.25) is 17.6 Å². The van der Waals surface area contributed by atoms with E-state index in [1.54, 1.807) is 6.07 Å². The number of hydrogen-bond acceptors (Lipinski definition) is 6. The molecule has 0 aliphatic heterocycles. The maximum Gasteiger partial charge on any atom is 0.246 e. The van der Waals surface area contributed by atoms with Gasteiger partial charge in [-0.25, -0.2) is 0 Å². The molecule has 3 N–H and O–H groups in total. The minimum absolute atomic E-state index is 0.218. The summed E-state index contributed by atoms with van der Waals surface area (Å²) in [4.78, 5) is 16.2. The summed E-state index contributed by atoms with van der Waals surface area (Å²) < 4.78 is 5.27. The van der Waals surface area contributed by atoms with E-state index in [1.165, 1.54) is 11.8 Å². The van der Waals surface area contributed by atoms with Gasteiger partial charge in [0.15, 0.2) is 0 Å². The lowest BCUT2D eigenvalue weighted by Gasteiger charge is -2.09. The Bertz CT molecular complexity index is 884. The van der Waals surface area contributed by atoms with Crippen molar-refractivity contribution >= 4 is 35.0 Å². The smallest absolute Gasteiger partial charge is 0.246 e. The summed E-state index contributed by atoms with van der Waals surface area (Å²) in [5, 5.41) is 7.76. The summed E-state index contributed by atoms with van der Waals surface area (Å²) in [5.74, 6) is 0.736. The maximum absolute atomic E-state index is 11.0. The van der Waals surface area contributed by atoms with Crippen molar-refractivity contribution in [1.82, 2.24) is 10.1 Å². The zero-order chi connectivity index (χ0) is 17.6. The van der Waals surface area contributed by atoms with E-state index in [4.69, 9.17) is 21.9 Å². The van der Waals surface area contributed by atoms with E-state index in [-0.39, 0.29) is 11.7 Å². The third kappa shape index (κ3) is 4.52. The summed E-state index contributed by atoms with van der Waals surface area (Å²) in [5.41, 5.74) is 6.79. The fraction of sp³-hybridized carbons (Fsp3) is 0.118. The van der Waals surface area contributed by atoms with Gasteiger partial charge in [0.1, 0.15) is 0 Å². The predicted molar refractivity (Wildman–Crippen MR) is 98.4 cm³/mol. The molecule has 128 valence electrons. The van der Waals surface area contributed by atoms with Crippen LogP contribution in [-0.2, 0) is 11.3 Å². The van der Waals surface area contributed by atoms with E-state index < -0.39 is 0 Å². The summed E-state index contributed by atoms with van der Waals surface area (Å²) in [6.45, 7) is 0.353. The first-order chi connectivity index (χ1) is 12.1. The second kappa shape index (κ2) is 8.04. The first-order valence-corrected chi connectivity index (χ1v) is 8.81. The molecular weight excluding hydrogens is 360 g/mol. The van der Waals surface area contributed by atoms with Crippen molar-refractivity contribution in [3.8, 4) is 11.4 Å². The Labute approximate surface area is 153 Å². The molecule has 1 amide bonds. The monoisotopic (exact) mass is 374 g/mol. The molecule has 2 aromatic carbocycles. The molecule has 1 aromatic heterocycles. The second-order valence-electron chi connectivity index (χ2n) is 5.10. The highest BCUT2D eigenvalue weighted by Crippen LogP contribution is 2.28. The Kier molecular flexibility index (Phi) is 5.57. The van der Waals surface area contributed by atoms with Gasteiger partial charge in [-0.05, 0) is 24.3 Å². The Morgan fingerprint density at radius 2 is 1.96 bits per heavy atom. The average molecular weight is 375 g/mol. The van der Waals surface area contributed by atoms with Crippen LogP contribution < -0.4 is 11.1 Å². The number of rotatable bonds is 7. The van der Waals surface area contributed by atoms with Crippen LogP contribution in [0, 0.1) is 0 Å². The van der Waals surface area contributed by atoms with Crippen LogP contribution in [0.5, 0.6) is 0 Å². The highest BCUT2D eigenvalue weighted by Gasteiger charge is 2.12. The van der Waals surface area contributed by atoms with Crippen molar-refractivity contribution in [3.63, 3.8) is 0 Å². The van der Waals surface area contributed by atoms with Gasteiger partial charge in [-0.2, -0.15) is 4.98 Å². The molecule has 0 radical (unpaired) electrons. The molecule has 3 rings (SSSR count). The molecule has 0 saturated carbocycles. The van der Waals surface area contributed by atoms with Crippen molar-refractivity contribution in [2.24, 2.45) is 5.73 Å². The number of halogens is 1. The summed E-state index contributed by atoms with van der Waals surface area (Å²) in [6, 6.07) is 14.9. The van der Waals surface area contributed by atoms with Crippen molar-refractivity contribution in [2.45, 2.75) is 11.4 Å². The Morgan fingerprint density at radius 3 is 2.76 bits per heavy atom. The third-order valence-corrected chi connectivity index (χ3v) is 4.70. The molecule has 0 atom stereocenters. The number of nitrogens with zero attached hydrogens (tertiary/aromatic N) is 2. The van der Waals surface area contributed by atoms with E-state index in [9.17, 15) is 4.79 Å². The second-order valence-corrected chi connectivity index (χ2v) is 6.52. The molecule has 0 fully saturated rings. The van der Waals surface area contributed by atoms with Crippen LogP contribution in [0.15, 0.2) is 57.9 Å². The van der Waals surface area contributed by atoms with Gasteiger partial charge in [-0.1, -0.05) is 41.0 Å².